The summed E-state index contributed by atoms with van der Waals surface area (Å²) < 4.78 is 11.0. The van der Waals surface area contributed by atoms with E-state index in [2.05, 4.69) is 26.6 Å². The number of carbonyl (C=O) groups is 1. The van der Waals surface area contributed by atoms with Crippen LogP contribution in [0, 0.1) is 11.3 Å². The molecule has 9 heteroatoms. The molecule has 0 unspecified atom stereocenters. The van der Waals surface area contributed by atoms with Crippen LogP contribution in [0.15, 0.2) is 46.6 Å². The molecule has 0 aromatic heterocycles. The van der Waals surface area contributed by atoms with Gasteiger partial charge in [-0.15, -0.1) is 0 Å². The van der Waals surface area contributed by atoms with E-state index in [-0.39, 0.29) is 16.3 Å². The highest BCUT2D eigenvalue weighted by molar-refractivity contribution is 9.10. The summed E-state index contributed by atoms with van der Waals surface area (Å²) in [5.74, 6) is 0.373. The molecule has 2 aromatic rings. The fourth-order valence-corrected chi connectivity index (χ4v) is 3.08. The standard InChI is InChI=1S/C18H14BrCl2N3O3/c1-26-16-4-3-11(5-12(16)19)23-9-10(8-22)18(25)24-15-7-17(27-2)14(21)6-13(15)20/h3-7,9,23H,1-2H3,(H,24,25)/b10-9+. The molecule has 0 spiro atoms. The Morgan fingerprint density at radius 1 is 1.15 bits per heavy atom. The van der Waals surface area contributed by atoms with E-state index in [4.69, 9.17) is 32.7 Å². The van der Waals surface area contributed by atoms with Crippen molar-refractivity contribution >= 4 is 56.4 Å². The van der Waals surface area contributed by atoms with Gasteiger partial charge in [0.15, 0.2) is 0 Å². The number of methoxy groups -OCH3 is 2. The van der Waals surface area contributed by atoms with Crippen molar-refractivity contribution in [1.29, 1.82) is 5.26 Å². The topological polar surface area (TPSA) is 83.4 Å². The fraction of sp³-hybridized carbons (Fsp3) is 0.111. The average molecular weight is 471 g/mol. The number of halogens is 3. The molecular weight excluding hydrogens is 457 g/mol. The molecule has 2 aromatic carbocycles. The molecule has 2 N–H and O–H groups in total. The van der Waals surface area contributed by atoms with Gasteiger partial charge >= 0.3 is 0 Å². The van der Waals surface area contributed by atoms with Crippen LogP contribution < -0.4 is 20.1 Å². The lowest BCUT2D eigenvalue weighted by atomic mass is 10.2. The number of rotatable bonds is 6. The molecule has 0 saturated carbocycles. The third kappa shape index (κ3) is 5.30. The maximum Gasteiger partial charge on any atom is 0.267 e. The quantitative estimate of drug-likeness (QED) is 0.446. The Balaban J connectivity index is 2.17. The molecule has 0 radical (unpaired) electrons. The number of nitrogens with zero attached hydrogens (tertiary/aromatic N) is 1. The van der Waals surface area contributed by atoms with E-state index in [1.54, 1.807) is 25.3 Å². The van der Waals surface area contributed by atoms with Gasteiger partial charge in [-0.25, -0.2) is 0 Å². The number of anilines is 2. The van der Waals surface area contributed by atoms with E-state index < -0.39 is 5.91 Å². The number of amides is 1. The molecule has 0 aliphatic heterocycles. The molecule has 0 heterocycles. The van der Waals surface area contributed by atoms with Gasteiger partial charge in [0.05, 0.1) is 34.4 Å². The van der Waals surface area contributed by atoms with Gasteiger partial charge < -0.3 is 20.1 Å². The second-order valence-corrected chi connectivity index (χ2v) is 6.75. The van der Waals surface area contributed by atoms with Crippen molar-refractivity contribution in [2.75, 3.05) is 24.9 Å². The van der Waals surface area contributed by atoms with Crippen LogP contribution in [0.2, 0.25) is 10.0 Å². The summed E-state index contributed by atoms with van der Waals surface area (Å²) in [5, 5.41) is 15.3. The van der Waals surface area contributed by atoms with E-state index >= 15 is 0 Å². The number of carbonyl (C=O) groups excluding carboxylic acids is 1. The van der Waals surface area contributed by atoms with Crippen molar-refractivity contribution in [2.45, 2.75) is 0 Å². The van der Waals surface area contributed by atoms with Crippen molar-refractivity contribution in [2.24, 2.45) is 0 Å². The van der Waals surface area contributed by atoms with E-state index in [0.29, 0.717) is 22.2 Å². The van der Waals surface area contributed by atoms with Gasteiger partial charge in [0.2, 0.25) is 0 Å². The summed E-state index contributed by atoms with van der Waals surface area (Å²) >= 11 is 15.4. The summed E-state index contributed by atoms with van der Waals surface area (Å²) in [6.45, 7) is 0. The lowest BCUT2D eigenvalue weighted by Gasteiger charge is -2.10. The first-order valence-corrected chi connectivity index (χ1v) is 8.99. The molecule has 140 valence electrons. The van der Waals surface area contributed by atoms with Gasteiger partial charge in [0, 0.05) is 18.0 Å². The third-order valence-electron chi connectivity index (χ3n) is 3.39. The SMILES string of the molecule is COc1cc(NC(=O)/C(C#N)=C/Nc2ccc(OC)c(Br)c2)c(Cl)cc1Cl. The normalized spacial score (nSPS) is 10.7. The Kier molecular flexibility index (Phi) is 7.36. The summed E-state index contributed by atoms with van der Waals surface area (Å²) in [5.41, 5.74) is 0.789. The van der Waals surface area contributed by atoms with Crippen molar-refractivity contribution in [3.63, 3.8) is 0 Å². The summed E-state index contributed by atoms with van der Waals surface area (Å²) in [6, 6.07) is 10.0. The van der Waals surface area contributed by atoms with Gasteiger partial charge in [-0.1, -0.05) is 23.2 Å². The highest BCUT2D eigenvalue weighted by Crippen LogP contribution is 2.34. The minimum absolute atomic E-state index is 0.146. The summed E-state index contributed by atoms with van der Waals surface area (Å²) in [6.07, 6.45) is 1.30. The van der Waals surface area contributed by atoms with E-state index in [1.807, 2.05) is 6.07 Å². The zero-order valence-electron chi connectivity index (χ0n) is 14.3. The predicted octanol–water partition coefficient (Wildman–Crippen LogP) is 5.23. The van der Waals surface area contributed by atoms with Crippen LogP contribution in [0.4, 0.5) is 11.4 Å². The van der Waals surface area contributed by atoms with Crippen molar-refractivity contribution in [1.82, 2.24) is 0 Å². The molecule has 0 bridgehead atoms. The number of ether oxygens (including phenoxy) is 2. The van der Waals surface area contributed by atoms with Crippen molar-refractivity contribution < 1.29 is 14.3 Å². The van der Waals surface area contributed by atoms with Gasteiger partial charge in [0.25, 0.3) is 5.91 Å². The first kappa shape index (κ1) is 20.9. The summed E-state index contributed by atoms with van der Waals surface area (Å²) in [4.78, 5) is 12.4. The fourth-order valence-electron chi connectivity index (χ4n) is 2.03. The zero-order valence-corrected chi connectivity index (χ0v) is 17.4. The summed E-state index contributed by atoms with van der Waals surface area (Å²) in [7, 11) is 3.00. The van der Waals surface area contributed by atoms with Crippen molar-refractivity contribution in [3.8, 4) is 17.6 Å². The molecule has 0 fully saturated rings. The smallest absolute Gasteiger partial charge is 0.267 e. The Morgan fingerprint density at radius 2 is 1.85 bits per heavy atom. The number of nitriles is 1. The number of benzene rings is 2. The molecule has 0 aliphatic carbocycles. The first-order valence-electron chi connectivity index (χ1n) is 7.44. The Labute approximate surface area is 174 Å². The second kappa shape index (κ2) is 9.51. The Morgan fingerprint density at radius 3 is 2.44 bits per heavy atom. The molecular formula is C18H14BrCl2N3O3. The highest BCUT2D eigenvalue weighted by Gasteiger charge is 2.14. The Bertz CT molecular complexity index is 942. The Hall–Kier alpha value is -2.40. The number of nitrogens with one attached hydrogen (secondary N) is 2. The molecule has 27 heavy (non-hydrogen) atoms. The predicted molar refractivity (Wildman–Crippen MR) is 110 cm³/mol. The molecule has 1 amide bonds. The molecule has 6 nitrogen and oxygen atoms in total. The van der Waals surface area contributed by atoms with Crippen LogP contribution in [-0.4, -0.2) is 20.1 Å². The van der Waals surface area contributed by atoms with Crippen LogP contribution in [0.5, 0.6) is 11.5 Å². The molecule has 2 rings (SSSR count). The van der Waals surface area contributed by atoms with Crippen LogP contribution in [0.25, 0.3) is 0 Å². The van der Waals surface area contributed by atoms with E-state index in [0.717, 1.165) is 4.47 Å². The van der Waals surface area contributed by atoms with Gasteiger partial charge in [-0.3, -0.25) is 4.79 Å². The minimum atomic E-state index is -0.635. The van der Waals surface area contributed by atoms with E-state index in [9.17, 15) is 10.1 Å². The third-order valence-corrected chi connectivity index (χ3v) is 4.62. The van der Waals surface area contributed by atoms with Crippen LogP contribution in [0.3, 0.4) is 0 Å². The molecule has 0 atom stereocenters. The molecule has 0 aliphatic rings. The lowest BCUT2D eigenvalue weighted by Crippen LogP contribution is -2.15. The maximum atomic E-state index is 12.4. The number of hydrogen-bond acceptors (Lipinski definition) is 5. The number of hydrogen-bond donors (Lipinski definition) is 2. The zero-order chi connectivity index (χ0) is 20.0. The van der Waals surface area contributed by atoms with Gasteiger partial charge in [-0.05, 0) is 40.2 Å². The van der Waals surface area contributed by atoms with Crippen LogP contribution in [-0.2, 0) is 4.79 Å². The lowest BCUT2D eigenvalue weighted by molar-refractivity contribution is -0.112. The van der Waals surface area contributed by atoms with Gasteiger partial charge in [0.1, 0.15) is 23.1 Å². The first-order chi connectivity index (χ1) is 12.9. The second-order valence-electron chi connectivity index (χ2n) is 5.08. The highest BCUT2D eigenvalue weighted by atomic mass is 79.9. The minimum Gasteiger partial charge on any atom is -0.496 e. The van der Waals surface area contributed by atoms with Gasteiger partial charge in [-0.2, -0.15) is 5.26 Å². The monoisotopic (exact) mass is 469 g/mol. The largest absolute Gasteiger partial charge is 0.496 e. The average Bonchev–Trinajstić information content (AvgIpc) is 2.64. The van der Waals surface area contributed by atoms with Crippen molar-refractivity contribution in [3.05, 3.63) is 56.6 Å². The van der Waals surface area contributed by atoms with Crippen LogP contribution in [0.1, 0.15) is 0 Å². The van der Waals surface area contributed by atoms with E-state index in [1.165, 1.54) is 25.4 Å². The van der Waals surface area contributed by atoms with Crippen LogP contribution >= 0.6 is 39.1 Å². The maximum absolute atomic E-state index is 12.4. The molecule has 0 saturated heterocycles.